The summed E-state index contributed by atoms with van der Waals surface area (Å²) in [7, 11) is 0. The van der Waals surface area contributed by atoms with Gasteiger partial charge in [0, 0.05) is 11.3 Å². The molecule has 0 heterocycles. The molecular weight excluding hydrogens is 218 g/mol. The summed E-state index contributed by atoms with van der Waals surface area (Å²) in [5.74, 6) is -0.751. The zero-order valence-corrected chi connectivity index (χ0v) is 9.54. The highest BCUT2D eigenvalue weighted by Gasteiger charge is 2.24. The van der Waals surface area contributed by atoms with E-state index in [0.29, 0.717) is 18.4 Å². The van der Waals surface area contributed by atoms with Crippen LogP contribution in [0.25, 0.3) is 0 Å². The van der Waals surface area contributed by atoms with E-state index in [0.717, 1.165) is 0 Å². The molecule has 0 unspecified atom stereocenters. The second-order valence-corrected chi connectivity index (χ2v) is 3.77. The summed E-state index contributed by atoms with van der Waals surface area (Å²) in [4.78, 5) is 22.0. The van der Waals surface area contributed by atoms with Crippen LogP contribution in [0.2, 0.25) is 0 Å². The molecule has 4 nitrogen and oxygen atoms in total. The quantitative estimate of drug-likeness (QED) is 0.413. The molecule has 0 aliphatic carbocycles. The standard InChI is InChI=1S/C13H15NO3/c1-2-3-9-13(15)12(10-14(16)17)11-7-5-4-6-8-11/h2,4-8,12H,1,3,9-10H2/t12-/m0/s1. The monoisotopic (exact) mass is 233 g/mol. The van der Waals surface area contributed by atoms with Crippen molar-refractivity contribution in [3.8, 4) is 0 Å². The lowest BCUT2D eigenvalue weighted by atomic mass is 9.92. The predicted octanol–water partition coefficient (Wildman–Crippen LogP) is 2.58. The van der Waals surface area contributed by atoms with Crippen LogP contribution < -0.4 is 0 Å². The van der Waals surface area contributed by atoms with Crippen LogP contribution in [0.5, 0.6) is 0 Å². The topological polar surface area (TPSA) is 60.2 Å². The van der Waals surface area contributed by atoms with Gasteiger partial charge in [-0.2, -0.15) is 0 Å². The van der Waals surface area contributed by atoms with Gasteiger partial charge in [-0.25, -0.2) is 0 Å². The summed E-state index contributed by atoms with van der Waals surface area (Å²) in [5.41, 5.74) is 0.707. The number of carbonyl (C=O) groups excluding carboxylic acids is 1. The second kappa shape index (κ2) is 6.58. The van der Waals surface area contributed by atoms with Crippen LogP contribution in [-0.4, -0.2) is 17.3 Å². The van der Waals surface area contributed by atoms with Crippen molar-refractivity contribution in [3.63, 3.8) is 0 Å². The van der Waals surface area contributed by atoms with Gasteiger partial charge in [0.05, 0.1) is 0 Å². The molecule has 90 valence electrons. The number of nitro groups is 1. The van der Waals surface area contributed by atoms with E-state index in [-0.39, 0.29) is 12.3 Å². The maximum Gasteiger partial charge on any atom is 0.217 e. The van der Waals surface area contributed by atoms with E-state index in [1.165, 1.54) is 0 Å². The lowest BCUT2D eigenvalue weighted by molar-refractivity contribution is -0.481. The summed E-state index contributed by atoms with van der Waals surface area (Å²) in [5, 5.41) is 10.6. The molecule has 1 atom stereocenters. The van der Waals surface area contributed by atoms with Gasteiger partial charge in [-0.3, -0.25) is 14.9 Å². The van der Waals surface area contributed by atoms with Crippen LogP contribution in [-0.2, 0) is 4.79 Å². The molecule has 4 heteroatoms. The number of carbonyl (C=O) groups is 1. The highest BCUT2D eigenvalue weighted by molar-refractivity contribution is 5.85. The first-order valence-electron chi connectivity index (χ1n) is 5.45. The van der Waals surface area contributed by atoms with Gasteiger partial charge in [0.2, 0.25) is 6.54 Å². The Labute approximate surface area is 100 Å². The Hall–Kier alpha value is -1.97. The molecule has 1 aromatic carbocycles. The molecule has 0 aromatic heterocycles. The number of Topliss-reactive ketones (excluding diaryl/α,β-unsaturated/α-hetero) is 1. The summed E-state index contributed by atoms with van der Waals surface area (Å²) < 4.78 is 0. The fraction of sp³-hybridized carbons (Fsp3) is 0.308. The summed E-state index contributed by atoms with van der Waals surface area (Å²) in [6, 6.07) is 8.88. The minimum atomic E-state index is -0.647. The van der Waals surface area contributed by atoms with Crippen LogP contribution in [0.4, 0.5) is 0 Å². The Bertz CT molecular complexity index is 400. The molecule has 1 rings (SSSR count). The number of hydrogen-bond donors (Lipinski definition) is 0. The third-order valence-corrected chi connectivity index (χ3v) is 2.52. The Morgan fingerprint density at radius 3 is 2.59 bits per heavy atom. The first-order chi connectivity index (χ1) is 8.15. The zero-order chi connectivity index (χ0) is 12.7. The fourth-order valence-electron chi connectivity index (χ4n) is 1.65. The van der Waals surface area contributed by atoms with E-state index in [2.05, 4.69) is 6.58 Å². The van der Waals surface area contributed by atoms with Crippen molar-refractivity contribution >= 4 is 5.78 Å². The first-order valence-corrected chi connectivity index (χ1v) is 5.45. The second-order valence-electron chi connectivity index (χ2n) is 3.77. The fourth-order valence-corrected chi connectivity index (χ4v) is 1.65. The molecule has 0 saturated carbocycles. The number of ketones is 1. The van der Waals surface area contributed by atoms with Crippen molar-refractivity contribution < 1.29 is 9.72 Å². The molecular formula is C13H15NO3. The molecule has 0 aliphatic heterocycles. The summed E-state index contributed by atoms with van der Waals surface area (Å²) in [6.45, 7) is 3.19. The number of allylic oxidation sites excluding steroid dienone is 1. The minimum absolute atomic E-state index is 0.104. The van der Waals surface area contributed by atoms with E-state index in [1.807, 2.05) is 6.07 Å². The number of benzene rings is 1. The highest BCUT2D eigenvalue weighted by atomic mass is 16.6. The van der Waals surface area contributed by atoms with Gasteiger partial charge in [-0.15, -0.1) is 6.58 Å². The molecule has 17 heavy (non-hydrogen) atoms. The lowest BCUT2D eigenvalue weighted by Crippen LogP contribution is -2.21. The van der Waals surface area contributed by atoms with Crippen LogP contribution in [0, 0.1) is 10.1 Å². The number of rotatable bonds is 7. The first kappa shape index (κ1) is 13.1. The van der Waals surface area contributed by atoms with E-state index in [9.17, 15) is 14.9 Å². The van der Waals surface area contributed by atoms with E-state index >= 15 is 0 Å². The average Bonchev–Trinajstić information content (AvgIpc) is 2.34. The van der Waals surface area contributed by atoms with Crippen molar-refractivity contribution in [2.45, 2.75) is 18.8 Å². The molecule has 0 saturated heterocycles. The SMILES string of the molecule is C=CCCC(=O)[C@@H](C[N+](=O)[O-])c1ccccc1. The van der Waals surface area contributed by atoms with Crippen LogP contribution >= 0.6 is 0 Å². The summed E-state index contributed by atoms with van der Waals surface area (Å²) >= 11 is 0. The maximum absolute atomic E-state index is 11.9. The summed E-state index contributed by atoms with van der Waals surface area (Å²) in [6.07, 6.45) is 2.50. The molecule has 0 radical (unpaired) electrons. The van der Waals surface area contributed by atoms with Gasteiger partial charge in [-0.05, 0) is 12.0 Å². The highest BCUT2D eigenvalue weighted by Crippen LogP contribution is 2.19. The van der Waals surface area contributed by atoms with E-state index in [1.54, 1.807) is 30.3 Å². The Kier molecular flexibility index (Phi) is 5.07. The number of nitrogens with zero attached hydrogens (tertiary/aromatic N) is 1. The van der Waals surface area contributed by atoms with Crippen LogP contribution in [0.1, 0.15) is 24.3 Å². The average molecular weight is 233 g/mol. The van der Waals surface area contributed by atoms with Crippen molar-refractivity contribution in [2.75, 3.05) is 6.54 Å². The van der Waals surface area contributed by atoms with E-state index < -0.39 is 10.8 Å². The molecule has 0 amide bonds. The lowest BCUT2D eigenvalue weighted by Gasteiger charge is -2.11. The normalized spacial score (nSPS) is 11.8. The molecule has 0 N–H and O–H groups in total. The van der Waals surface area contributed by atoms with Crippen LogP contribution in [0.15, 0.2) is 43.0 Å². The molecule has 0 bridgehead atoms. The van der Waals surface area contributed by atoms with Crippen molar-refractivity contribution in [1.82, 2.24) is 0 Å². The third-order valence-electron chi connectivity index (χ3n) is 2.52. The predicted molar refractivity (Wildman–Crippen MR) is 65.5 cm³/mol. The molecule has 0 fully saturated rings. The maximum atomic E-state index is 11.9. The Morgan fingerprint density at radius 1 is 1.41 bits per heavy atom. The van der Waals surface area contributed by atoms with Crippen molar-refractivity contribution in [2.24, 2.45) is 0 Å². The Balaban J connectivity index is 2.84. The molecule has 0 spiro atoms. The smallest absolute Gasteiger partial charge is 0.217 e. The van der Waals surface area contributed by atoms with Gasteiger partial charge in [0.1, 0.15) is 11.7 Å². The van der Waals surface area contributed by atoms with Gasteiger partial charge in [0.25, 0.3) is 0 Å². The molecule has 0 aliphatic rings. The third kappa shape index (κ3) is 4.18. The van der Waals surface area contributed by atoms with Gasteiger partial charge < -0.3 is 0 Å². The number of hydrogen-bond acceptors (Lipinski definition) is 3. The minimum Gasteiger partial charge on any atom is -0.299 e. The Morgan fingerprint density at radius 2 is 2.06 bits per heavy atom. The van der Waals surface area contributed by atoms with E-state index in [4.69, 9.17) is 0 Å². The van der Waals surface area contributed by atoms with Crippen molar-refractivity contribution in [3.05, 3.63) is 58.7 Å². The zero-order valence-electron chi connectivity index (χ0n) is 9.54. The molecule has 1 aromatic rings. The van der Waals surface area contributed by atoms with Gasteiger partial charge in [0.15, 0.2) is 0 Å². The van der Waals surface area contributed by atoms with Crippen molar-refractivity contribution in [1.29, 1.82) is 0 Å². The van der Waals surface area contributed by atoms with Gasteiger partial charge >= 0.3 is 0 Å². The largest absolute Gasteiger partial charge is 0.299 e. The van der Waals surface area contributed by atoms with Gasteiger partial charge in [-0.1, -0.05) is 36.4 Å². The van der Waals surface area contributed by atoms with Crippen LogP contribution in [0.3, 0.4) is 0 Å².